The van der Waals surface area contributed by atoms with Gasteiger partial charge >= 0.3 is 0 Å². The summed E-state index contributed by atoms with van der Waals surface area (Å²) in [6.45, 7) is 0.662. The molecule has 0 bridgehead atoms. The third-order valence-corrected chi connectivity index (χ3v) is 3.12. The van der Waals surface area contributed by atoms with E-state index in [2.05, 4.69) is 5.32 Å². The van der Waals surface area contributed by atoms with E-state index in [4.69, 9.17) is 9.15 Å². The Morgan fingerprint density at radius 1 is 1.41 bits per heavy atom. The number of benzene rings is 1. The minimum atomic E-state index is 0.0908. The number of hydrogen-bond acceptors (Lipinski definition) is 3. The van der Waals surface area contributed by atoms with Crippen LogP contribution in [-0.4, -0.2) is 19.6 Å². The second kappa shape index (κ2) is 3.80. The molecule has 17 heavy (non-hydrogen) atoms. The van der Waals surface area contributed by atoms with Gasteiger partial charge in [-0.05, 0) is 24.3 Å². The number of hydrogen-bond donors (Lipinski definition) is 1. The predicted molar refractivity (Wildman–Crippen MR) is 63.1 cm³/mol. The fourth-order valence-electron chi connectivity index (χ4n) is 2.18. The van der Waals surface area contributed by atoms with Gasteiger partial charge in [-0.15, -0.1) is 0 Å². The van der Waals surface area contributed by atoms with E-state index in [1.807, 2.05) is 24.3 Å². The predicted octanol–water partition coefficient (Wildman–Crippen LogP) is 2.04. The highest BCUT2D eigenvalue weighted by atomic mass is 16.5. The molecule has 1 aliphatic rings. The molecule has 4 heteroatoms. The smallest absolute Gasteiger partial charge is 0.220 e. The van der Waals surface area contributed by atoms with Crippen molar-refractivity contribution < 1.29 is 13.9 Å². The van der Waals surface area contributed by atoms with E-state index >= 15 is 0 Å². The Bertz CT molecular complexity index is 573. The summed E-state index contributed by atoms with van der Waals surface area (Å²) < 4.78 is 10.9. The molecular formula is C13H13NO3. The second-order valence-electron chi connectivity index (χ2n) is 4.26. The first-order valence-corrected chi connectivity index (χ1v) is 5.60. The summed E-state index contributed by atoms with van der Waals surface area (Å²) in [5.41, 5.74) is 0.833. The lowest BCUT2D eigenvalue weighted by Crippen LogP contribution is -2.13. The van der Waals surface area contributed by atoms with Crippen molar-refractivity contribution in [2.75, 3.05) is 13.7 Å². The minimum absolute atomic E-state index is 0.0908. The first-order valence-electron chi connectivity index (χ1n) is 5.60. The van der Waals surface area contributed by atoms with Gasteiger partial charge < -0.3 is 14.5 Å². The molecule has 1 atom stereocenters. The molecule has 2 heterocycles. The maximum atomic E-state index is 11.2. The van der Waals surface area contributed by atoms with Gasteiger partial charge in [0.25, 0.3) is 0 Å². The standard InChI is InChI=1S/C13H13NO3/c1-16-10-2-3-11-8(4-10)5-12(17-11)9-6-13(15)14-7-9/h2-5,9H,6-7H2,1H3,(H,14,15)/t9-/m0/s1. The normalized spacial score (nSPS) is 19.6. The number of methoxy groups -OCH3 is 1. The van der Waals surface area contributed by atoms with Gasteiger partial charge in [-0.1, -0.05) is 0 Å². The van der Waals surface area contributed by atoms with Crippen LogP contribution in [0.5, 0.6) is 5.75 Å². The number of carbonyl (C=O) groups is 1. The number of furan rings is 1. The number of rotatable bonds is 2. The van der Waals surface area contributed by atoms with Crippen LogP contribution in [0.15, 0.2) is 28.7 Å². The van der Waals surface area contributed by atoms with Crippen molar-refractivity contribution in [2.45, 2.75) is 12.3 Å². The van der Waals surface area contributed by atoms with Gasteiger partial charge in [-0.2, -0.15) is 0 Å². The lowest BCUT2D eigenvalue weighted by atomic mass is 10.1. The Morgan fingerprint density at radius 3 is 3.00 bits per heavy atom. The zero-order chi connectivity index (χ0) is 11.8. The average molecular weight is 231 g/mol. The summed E-state index contributed by atoms with van der Waals surface area (Å²) in [5.74, 6) is 1.92. The van der Waals surface area contributed by atoms with Crippen molar-refractivity contribution in [1.29, 1.82) is 0 Å². The highest BCUT2D eigenvalue weighted by Crippen LogP contribution is 2.30. The van der Waals surface area contributed by atoms with Gasteiger partial charge in [-0.25, -0.2) is 0 Å². The Labute approximate surface area is 98.6 Å². The van der Waals surface area contributed by atoms with Gasteiger partial charge in [0.2, 0.25) is 5.91 Å². The lowest BCUT2D eigenvalue weighted by molar-refractivity contribution is -0.119. The molecule has 0 radical (unpaired) electrons. The molecule has 2 aromatic rings. The van der Waals surface area contributed by atoms with Crippen LogP contribution < -0.4 is 10.1 Å². The Hall–Kier alpha value is -1.97. The highest BCUT2D eigenvalue weighted by molar-refractivity contribution is 5.82. The summed E-state index contributed by atoms with van der Waals surface area (Å²) in [6, 6.07) is 7.69. The SMILES string of the molecule is COc1ccc2oc([C@@H]3CNC(=O)C3)cc2c1. The molecule has 3 rings (SSSR count). The Morgan fingerprint density at radius 2 is 2.29 bits per heavy atom. The van der Waals surface area contributed by atoms with Crippen molar-refractivity contribution in [2.24, 2.45) is 0 Å². The van der Waals surface area contributed by atoms with Gasteiger partial charge in [0, 0.05) is 24.3 Å². The molecule has 0 unspecified atom stereocenters. The molecule has 1 amide bonds. The van der Waals surface area contributed by atoms with Crippen LogP contribution in [0.1, 0.15) is 18.1 Å². The third kappa shape index (κ3) is 1.75. The van der Waals surface area contributed by atoms with Gasteiger partial charge in [0.05, 0.1) is 7.11 Å². The second-order valence-corrected chi connectivity index (χ2v) is 4.26. The van der Waals surface area contributed by atoms with Gasteiger partial charge in [-0.3, -0.25) is 4.79 Å². The number of nitrogens with one attached hydrogen (secondary N) is 1. The molecule has 1 fully saturated rings. The van der Waals surface area contributed by atoms with Crippen molar-refractivity contribution >= 4 is 16.9 Å². The van der Waals surface area contributed by atoms with Crippen LogP contribution in [0.4, 0.5) is 0 Å². The molecule has 0 aliphatic carbocycles. The molecule has 88 valence electrons. The number of ether oxygens (including phenoxy) is 1. The molecule has 4 nitrogen and oxygen atoms in total. The van der Waals surface area contributed by atoms with Crippen LogP contribution in [0.3, 0.4) is 0 Å². The van der Waals surface area contributed by atoms with E-state index in [0.717, 1.165) is 22.5 Å². The van der Waals surface area contributed by atoms with E-state index in [1.165, 1.54) is 0 Å². The fourth-order valence-corrected chi connectivity index (χ4v) is 2.18. The minimum Gasteiger partial charge on any atom is -0.497 e. The zero-order valence-corrected chi connectivity index (χ0v) is 9.53. The maximum absolute atomic E-state index is 11.2. The number of amides is 1. The summed E-state index contributed by atoms with van der Waals surface area (Å²) in [5, 5.41) is 3.82. The van der Waals surface area contributed by atoms with Crippen molar-refractivity contribution in [3.05, 3.63) is 30.0 Å². The van der Waals surface area contributed by atoms with Crippen molar-refractivity contribution in [3.63, 3.8) is 0 Å². The van der Waals surface area contributed by atoms with Crippen LogP contribution in [0, 0.1) is 0 Å². The van der Waals surface area contributed by atoms with Crippen LogP contribution in [0.25, 0.3) is 11.0 Å². The first-order chi connectivity index (χ1) is 8.26. The average Bonchev–Trinajstić information content (AvgIpc) is 2.93. The molecule has 0 spiro atoms. The Kier molecular flexibility index (Phi) is 2.28. The Balaban J connectivity index is 1.98. The van der Waals surface area contributed by atoms with E-state index < -0.39 is 0 Å². The van der Waals surface area contributed by atoms with Gasteiger partial charge in [0.15, 0.2) is 0 Å². The summed E-state index contributed by atoms with van der Waals surface area (Å²) in [6.07, 6.45) is 0.511. The van der Waals surface area contributed by atoms with Crippen LogP contribution in [-0.2, 0) is 4.79 Å². The fraction of sp³-hybridized carbons (Fsp3) is 0.308. The van der Waals surface area contributed by atoms with Crippen LogP contribution in [0.2, 0.25) is 0 Å². The molecule has 1 N–H and O–H groups in total. The van der Waals surface area contributed by atoms with E-state index in [1.54, 1.807) is 7.11 Å². The number of fused-ring (bicyclic) bond motifs is 1. The summed E-state index contributed by atoms with van der Waals surface area (Å²) in [4.78, 5) is 11.2. The van der Waals surface area contributed by atoms with Crippen molar-refractivity contribution in [1.82, 2.24) is 5.32 Å². The quantitative estimate of drug-likeness (QED) is 0.860. The number of carbonyl (C=O) groups excluding carboxylic acids is 1. The highest BCUT2D eigenvalue weighted by Gasteiger charge is 2.25. The van der Waals surface area contributed by atoms with E-state index in [0.29, 0.717) is 13.0 Å². The van der Waals surface area contributed by atoms with Crippen LogP contribution >= 0.6 is 0 Å². The zero-order valence-electron chi connectivity index (χ0n) is 9.53. The summed E-state index contributed by atoms with van der Waals surface area (Å²) >= 11 is 0. The molecule has 1 saturated heterocycles. The van der Waals surface area contributed by atoms with E-state index in [-0.39, 0.29) is 11.8 Å². The third-order valence-electron chi connectivity index (χ3n) is 3.12. The van der Waals surface area contributed by atoms with Gasteiger partial charge in [0.1, 0.15) is 17.1 Å². The molecular weight excluding hydrogens is 218 g/mol. The monoisotopic (exact) mass is 231 g/mol. The lowest BCUT2D eigenvalue weighted by Gasteiger charge is -2.00. The topological polar surface area (TPSA) is 51.5 Å². The van der Waals surface area contributed by atoms with Crippen molar-refractivity contribution in [3.8, 4) is 5.75 Å². The largest absolute Gasteiger partial charge is 0.497 e. The molecule has 1 aromatic carbocycles. The van der Waals surface area contributed by atoms with E-state index in [9.17, 15) is 4.79 Å². The molecule has 1 aliphatic heterocycles. The molecule has 0 saturated carbocycles. The molecule has 1 aromatic heterocycles. The summed E-state index contributed by atoms with van der Waals surface area (Å²) in [7, 11) is 1.64. The first kappa shape index (κ1) is 10.2. The maximum Gasteiger partial charge on any atom is 0.220 e.